The molecule has 2 fully saturated rings. The number of hydrogen-bond acceptors (Lipinski definition) is 4. The third-order valence-electron chi connectivity index (χ3n) is 4.24. The highest BCUT2D eigenvalue weighted by atomic mass is 16.5. The van der Waals surface area contributed by atoms with Crippen LogP contribution in [0, 0.1) is 5.92 Å². The average Bonchev–Trinajstić information content (AvgIpc) is 2.91. The fourth-order valence-electron chi connectivity index (χ4n) is 3.05. The number of ether oxygens (including phenoxy) is 1. The summed E-state index contributed by atoms with van der Waals surface area (Å²) in [5, 5.41) is 3.22. The van der Waals surface area contributed by atoms with Gasteiger partial charge in [-0.1, -0.05) is 6.92 Å². The Morgan fingerprint density at radius 1 is 1.47 bits per heavy atom. The van der Waals surface area contributed by atoms with Crippen molar-refractivity contribution in [2.45, 2.75) is 44.8 Å². The number of nitrogens with one attached hydrogen (secondary N) is 1. The van der Waals surface area contributed by atoms with Gasteiger partial charge in [0.1, 0.15) is 0 Å². The van der Waals surface area contributed by atoms with Crippen LogP contribution >= 0.6 is 0 Å². The highest BCUT2D eigenvalue weighted by Crippen LogP contribution is 2.21. The maximum absolute atomic E-state index is 12.2. The van der Waals surface area contributed by atoms with E-state index in [0.29, 0.717) is 25.1 Å². The van der Waals surface area contributed by atoms with Crippen molar-refractivity contribution in [2.75, 3.05) is 32.8 Å². The first kappa shape index (κ1) is 14.8. The Balaban J connectivity index is 1.71. The Hall–Kier alpha value is -0.650. The molecule has 2 aliphatic rings. The number of hydrogen-bond donors (Lipinski definition) is 2. The molecule has 2 rings (SSSR count). The SMILES string of the molecule is CC1CCN(C(=O)CNCC2CCCO2)C(CN)C1. The number of carbonyl (C=O) groups is 1. The lowest BCUT2D eigenvalue weighted by Crippen LogP contribution is -2.52. The molecule has 3 unspecified atom stereocenters. The van der Waals surface area contributed by atoms with E-state index in [1.165, 1.54) is 0 Å². The van der Waals surface area contributed by atoms with Gasteiger partial charge >= 0.3 is 0 Å². The molecule has 0 aromatic rings. The Morgan fingerprint density at radius 2 is 2.32 bits per heavy atom. The molecule has 2 saturated heterocycles. The molecule has 0 aromatic carbocycles. The van der Waals surface area contributed by atoms with E-state index in [9.17, 15) is 4.79 Å². The van der Waals surface area contributed by atoms with E-state index in [4.69, 9.17) is 10.5 Å². The molecule has 0 aliphatic carbocycles. The fourth-order valence-corrected chi connectivity index (χ4v) is 3.05. The van der Waals surface area contributed by atoms with Crippen molar-refractivity contribution in [3.63, 3.8) is 0 Å². The second-order valence-electron chi connectivity index (χ2n) is 5.87. The van der Waals surface area contributed by atoms with Gasteiger partial charge in [0.25, 0.3) is 0 Å². The number of likely N-dealkylation sites (tertiary alicyclic amines) is 1. The summed E-state index contributed by atoms with van der Waals surface area (Å²) >= 11 is 0. The van der Waals surface area contributed by atoms with Gasteiger partial charge in [0.15, 0.2) is 0 Å². The van der Waals surface area contributed by atoms with Crippen molar-refractivity contribution in [3.05, 3.63) is 0 Å². The van der Waals surface area contributed by atoms with Crippen LogP contribution in [0.1, 0.15) is 32.6 Å². The highest BCUT2D eigenvalue weighted by molar-refractivity contribution is 5.78. The zero-order valence-corrected chi connectivity index (χ0v) is 11.9. The van der Waals surface area contributed by atoms with Crippen LogP contribution in [0.15, 0.2) is 0 Å². The summed E-state index contributed by atoms with van der Waals surface area (Å²) < 4.78 is 5.53. The van der Waals surface area contributed by atoms with Crippen molar-refractivity contribution in [1.29, 1.82) is 0 Å². The highest BCUT2D eigenvalue weighted by Gasteiger charge is 2.28. The van der Waals surface area contributed by atoms with E-state index in [1.807, 2.05) is 4.90 Å². The van der Waals surface area contributed by atoms with E-state index < -0.39 is 0 Å². The molecule has 0 saturated carbocycles. The Bertz CT molecular complexity index is 292. The summed E-state index contributed by atoms with van der Waals surface area (Å²) in [5.41, 5.74) is 5.79. The second-order valence-corrected chi connectivity index (χ2v) is 5.87. The van der Waals surface area contributed by atoms with Crippen LogP contribution in [-0.2, 0) is 9.53 Å². The Morgan fingerprint density at radius 3 is 3.00 bits per heavy atom. The van der Waals surface area contributed by atoms with E-state index in [1.54, 1.807) is 0 Å². The maximum Gasteiger partial charge on any atom is 0.236 e. The van der Waals surface area contributed by atoms with Crippen molar-refractivity contribution in [1.82, 2.24) is 10.2 Å². The molecule has 0 radical (unpaired) electrons. The third kappa shape index (κ3) is 4.16. The van der Waals surface area contributed by atoms with Gasteiger partial charge in [-0.05, 0) is 31.6 Å². The lowest BCUT2D eigenvalue weighted by atomic mass is 9.92. The molecule has 5 heteroatoms. The van der Waals surface area contributed by atoms with E-state index in [-0.39, 0.29) is 11.9 Å². The van der Waals surface area contributed by atoms with E-state index in [0.717, 1.165) is 45.4 Å². The lowest BCUT2D eigenvalue weighted by molar-refractivity contribution is -0.134. The van der Waals surface area contributed by atoms with Gasteiger partial charge in [-0.25, -0.2) is 0 Å². The quantitative estimate of drug-likeness (QED) is 0.755. The molecule has 0 bridgehead atoms. The summed E-state index contributed by atoms with van der Waals surface area (Å²) in [5.74, 6) is 0.859. The fraction of sp³-hybridized carbons (Fsp3) is 0.929. The molecule has 5 nitrogen and oxygen atoms in total. The summed E-state index contributed by atoms with van der Waals surface area (Å²) in [6.07, 6.45) is 4.66. The number of piperidine rings is 1. The van der Waals surface area contributed by atoms with Crippen molar-refractivity contribution in [3.8, 4) is 0 Å². The zero-order chi connectivity index (χ0) is 13.7. The average molecular weight is 269 g/mol. The van der Waals surface area contributed by atoms with Gasteiger partial charge in [0.2, 0.25) is 5.91 Å². The van der Waals surface area contributed by atoms with Gasteiger partial charge in [-0.2, -0.15) is 0 Å². The van der Waals surface area contributed by atoms with Gasteiger partial charge in [-0.15, -0.1) is 0 Å². The predicted octanol–water partition coefficient (Wildman–Crippen LogP) is 0.341. The molecular formula is C14H27N3O2. The molecule has 0 aromatic heterocycles. The summed E-state index contributed by atoms with van der Waals surface area (Å²) in [4.78, 5) is 14.2. The number of carbonyl (C=O) groups excluding carboxylic acids is 1. The minimum Gasteiger partial charge on any atom is -0.377 e. The molecule has 0 spiro atoms. The predicted molar refractivity (Wildman–Crippen MR) is 74.8 cm³/mol. The van der Waals surface area contributed by atoms with Crippen molar-refractivity contribution < 1.29 is 9.53 Å². The van der Waals surface area contributed by atoms with E-state index in [2.05, 4.69) is 12.2 Å². The first-order valence-electron chi connectivity index (χ1n) is 7.52. The van der Waals surface area contributed by atoms with Gasteiger partial charge in [0, 0.05) is 32.3 Å². The van der Waals surface area contributed by atoms with Crippen molar-refractivity contribution >= 4 is 5.91 Å². The summed E-state index contributed by atoms with van der Waals surface area (Å²) in [6.45, 7) is 5.71. The van der Waals surface area contributed by atoms with Crippen molar-refractivity contribution in [2.24, 2.45) is 11.7 Å². The minimum absolute atomic E-state index is 0.181. The summed E-state index contributed by atoms with van der Waals surface area (Å²) in [7, 11) is 0. The molecular weight excluding hydrogens is 242 g/mol. The number of nitrogens with two attached hydrogens (primary N) is 1. The van der Waals surface area contributed by atoms with Gasteiger partial charge in [0.05, 0.1) is 12.6 Å². The van der Waals surface area contributed by atoms with Crippen LogP contribution in [0.5, 0.6) is 0 Å². The molecule has 3 atom stereocenters. The van der Waals surface area contributed by atoms with Crippen LogP contribution in [0.2, 0.25) is 0 Å². The number of rotatable bonds is 5. The standard InChI is InChI=1S/C14H27N3O2/c1-11-4-5-17(12(7-11)8-15)14(18)10-16-9-13-3-2-6-19-13/h11-13,16H,2-10,15H2,1H3. The van der Waals surface area contributed by atoms with Gasteiger partial charge < -0.3 is 20.7 Å². The minimum atomic E-state index is 0.181. The second kappa shape index (κ2) is 7.22. The van der Waals surface area contributed by atoms with Crippen LogP contribution in [-0.4, -0.2) is 55.7 Å². The maximum atomic E-state index is 12.2. The zero-order valence-electron chi connectivity index (χ0n) is 11.9. The monoisotopic (exact) mass is 269 g/mol. The molecule has 2 heterocycles. The van der Waals surface area contributed by atoms with Crippen LogP contribution in [0.3, 0.4) is 0 Å². The van der Waals surface area contributed by atoms with Crippen LogP contribution in [0.25, 0.3) is 0 Å². The largest absolute Gasteiger partial charge is 0.377 e. The van der Waals surface area contributed by atoms with Crippen LogP contribution < -0.4 is 11.1 Å². The Kier molecular flexibility index (Phi) is 5.60. The Labute approximate surface area is 115 Å². The smallest absolute Gasteiger partial charge is 0.236 e. The topological polar surface area (TPSA) is 67.6 Å². The first-order valence-corrected chi connectivity index (χ1v) is 7.52. The van der Waals surface area contributed by atoms with E-state index >= 15 is 0 Å². The molecule has 19 heavy (non-hydrogen) atoms. The normalized spacial score (nSPS) is 31.7. The van der Waals surface area contributed by atoms with Crippen LogP contribution in [0.4, 0.5) is 0 Å². The molecule has 2 aliphatic heterocycles. The third-order valence-corrected chi connectivity index (χ3v) is 4.24. The van der Waals surface area contributed by atoms with Gasteiger partial charge in [-0.3, -0.25) is 4.79 Å². The molecule has 1 amide bonds. The lowest BCUT2D eigenvalue weighted by Gasteiger charge is -2.38. The number of amides is 1. The first-order chi connectivity index (χ1) is 9.20. The number of nitrogens with zero attached hydrogens (tertiary/aromatic N) is 1. The molecule has 3 N–H and O–H groups in total. The molecule has 110 valence electrons. The summed E-state index contributed by atoms with van der Waals surface area (Å²) in [6, 6.07) is 0.223.